The van der Waals surface area contributed by atoms with Crippen LogP contribution in [-0.4, -0.2) is 40.6 Å². The van der Waals surface area contributed by atoms with Crippen LogP contribution in [-0.2, 0) is 33.3 Å². The van der Waals surface area contributed by atoms with Gasteiger partial charge in [0.25, 0.3) is 6.43 Å². The summed E-state index contributed by atoms with van der Waals surface area (Å²) in [7, 11) is 3.40. The molecular weight excluding hydrogens is 392 g/mol. The van der Waals surface area contributed by atoms with Crippen LogP contribution in [0.1, 0.15) is 36.7 Å². The molecule has 1 fully saturated rings. The van der Waals surface area contributed by atoms with Gasteiger partial charge in [-0.3, -0.25) is 9.78 Å². The first-order chi connectivity index (χ1) is 14.3. The van der Waals surface area contributed by atoms with Crippen molar-refractivity contribution in [2.24, 2.45) is 7.05 Å². The molecule has 0 N–H and O–H groups in total. The molecule has 3 aromatic heterocycles. The van der Waals surface area contributed by atoms with Gasteiger partial charge in [0.1, 0.15) is 11.4 Å². The van der Waals surface area contributed by atoms with Gasteiger partial charge in [-0.2, -0.15) is 0 Å². The van der Waals surface area contributed by atoms with Gasteiger partial charge in [-0.1, -0.05) is 0 Å². The standard InChI is InChI=1S/C22H23F2N3O3/c1-13(28)6-15-9-16-17(11-27(2)19(16)10-25-15)18-7-14(21(23)24)8-20(26-18)22(29-3)4-5-30-12-22/h7-11,21H,4-6,12H2,1-3H3/t22-/m1/s1. The van der Waals surface area contributed by atoms with Gasteiger partial charge in [0, 0.05) is 62.0 Å². The zero-order valence-electron chi connectivity index (χ0n) is 17.1. The molecule has 1 aliphatic rings. The van der Waals surface area contributed by atoms with E-state index >= 15 is 0 Å². The Kier molecular flexibility index (Phi) is 5.38. The fraction of sp³-hybridized carbons (Fsp3) is 0.409. The number of ether oxygens (including phenoxy) is 2. The first-order valence-corrected chi connectivity index (χ1v) is 9.70. The Morgan fingerprint density at radius 2 is 2.17 bits per heavy atom. The summed E-state index contributed by atoms with van der Waals surface area (Å²) in [5, 5.41) is 0.808. The number of alkyl halides is 2. The van der Waals surface area contributed by atoms with Crippen molar-refractivity contribution in [2.75, 3.05) is 20.3 Å². The lowest BCUT2D eigenvalue weighted by Crippen LogP contribution is -2.30. The van der Waals surface area contributed by atoms with E-state index < -0.39 is 12.0 Å². The minimum atomic E-state index is -2.65. The van der Waals surface area contributed by atoms with E-state index in [1.165, 1.54) is 19.1 Å². The molecule has 0 aliphatic carbocycles. The Morgan fingerprint density at radius 3 is 2.80 bits per heavy atom. The largest absolute Gasteiger partial charge is 0.378 e. The highest BCUT2D eigenvalue weighted by Crippen LogP contribution is 2.38. The lowest BCUT2D eigenvalue weighted by atomic mass is 9.95. The molecule has 6 nitrogen and oxygen atoms in total. The Hall–Kier alpha value is -2.71. The van der Waals surface area contributed by atoms with Crippen LogP contribution in [0.5, 0.6) is 0 Å². The highest BCUT2D eigenvalue weighted by Gasteiger charge is 2.39. The number of Topliss-reactive ketones (excluding diaryl/α,β-unsaturated/α-hetero) is 1. The van der Waals surface area contributed by atoms with Crippen LogP contribution in [0.25, 0.3) is 22.2 Å². The Bertz CT molecular complexity index is 1100. The average molecular weight is 415 g/mol. The second kappa shape index (κ2) is 7.85. The molecule has 0 spiro atoms. The van der Waals surface area contributed by atoms with Crippen molar-refractivity contribution < 1.29 is 23.0 Å². The normalized spacial score (nSPS) is 19.1. The average Bonchev–Trinajstić information content (AvgIpc) is 3.33. The molecule has 3 aromatic rings. The molecule has 30 heavy (non-hydrogen) atoms. The zero-order valence-corrected chi connectivity index (χ0v) is 17.1. The zero-order chi connectivity index (χ0) is 21.5. The predicted octanol–water partition coefficient (Wildman–Crippen LogP) is 3.97. The molecule has 1 atom stereocenters. The van der Waals surface area contributed by atoms with E-state index in [-0.39, 0.29) is 24.4 Å². The Balaban J connectivity index is 1.91. The molecule has 0 amide bonds. The highest BCUT2D eigenvalue weighted by molar-refractivity contribution is 5.95. The third-order valence-electron chi connectivity index (χ3n) is 5.58. The van der Waals surface area contributed by atoms with Gasteiger partial charge in [0.2, 0.25) is 0 Å². The van der Waals surface area contributed by atoms with Crippen LogP contribution in [0.4, 0.5) is 8.78 Å². The number of aryl methyl sites for hydroxylation is 1. The van der Waals surface area contributed by atoms with Crippen LogP contribution in [0.2, 0.25) is 0 Å². The lowest BCUT2D eigenvalue weighted by molar-refractivity contribution is -0.116. The van der Waals surface area contributed by atoms with Crippen molar-refractivity contribution in [1.29, 1.82) is 0 Å². The van der Waals surface area contributed by atoms with Crippen LogP contribution in [0.15, 0.2) is 30.6 Å². The van der Waals surface area contributed by atoms with Crippen LogP contribution in [0, 0.1) is 0 Å². The second-order valence-corrected chi connectivity index (χ2v) is 7.70. The SMILES string of the molecule is CO[C@]1(c2cc(C(F)F)cc(-c3cn(C)c4cnc(CC(C)=O)cc34)n2)CCOC1. The van der Waals surface area contributed by atoms with Crippen molar-refractivity contribution in [3.05, 3.63) is 47.5 Å². The molecule has 8 heteroatoms. The van der Waals surface area contributed by atoms with Crippen LogP contribution < -0.4 is 0 Å². The maximum Gasteiger partial charge on any atom is 0.263 e. The van der Waals surface area contributed by atoms with E-state index in [0.717, 1.165) is 10.9 Å². The van der Waals surface area contributed by atoms with Gasteiger partial charge in [-0.25, -0.2) is 13.8 Å². The number of methoxy groups -OCH3 is 1. The fourth-order valence-electron chi connectivity index (χ4n) is 3.94. The van der Waals surface area contributed by atoms with Gasteiger partial charge in [0.15, 0.2) is 0 Å². The van der Waals surface area contributed by atoms with Crippen molar-refractivity contribution in [1.82, 2.24) is 14.5 Å². The smallest absolute Gasteiger partial charge is 0.263 e. The molecule has 1 aliphatic heterocycles. The van der Waals surface area contributed by atoms with Crippen LogP contribution >= 0.6 is 0 Å². The Labute approximate surface area is 172 Å². The number of carbonyl (C=O) groups excluding carboxylic acids is 1. The molecule has 4 heterocycles. The summed E-state index contributed by atoms with van der Waals surface area (Å²) < 4.78 is 40.5. The molecule has 0 bridgehead atoms. The highest BCUT2D eigenvalue weighted by atomic mass is 19.3. The lowest BCUT2D eigenvalue weighted by Gasteiger charge is -2.26. The van der Waals surface area contributed by atoms with Gasteiger partial charge in [-0.15, -0.1) is 0 Å². The fourth-order valence-corrected chi connectivity index (χ4v) is 3.94. The number of halogens is 2. The molecule has 0 unspecified atom stereocenters. The summed E-state index contributed by atoms with van der Waals surface area (Å²) >= 11 is 0. The summed E-state index contributed by atoms with van der Waals surface area (Å²) in [6.07, 6.45) is 1.65. The number of pyridine rings is 2. The van der Waals surface area contributed by atoms with E-state index in [1.807, 2.05) is 23.9 Å². The molecule has 158 valence electrons. The summed E-state index contributed by atoms with van der Waals surface area (Å²) in [5.41, 5.74) is 2.06. The monoisotopic (exact) mass is 415 g/mol. The molecule has 0 aromatic carbocycles. The van der Waals surface area contributed by atoms with Crippen LogP contribution in [0.3, 0.4) is 0 Å². The van der Waals surface area contributed by atoms with Gasteiger partial charge in [0.05, 0.1) is 29.7 Å². The van der Waals surface area contributed by atoms with Gasteiger partial charge < -0.3 is 14.0 Å². The molecular formula is C22H23F2N3O3. The van der Waals surface area contributed by atoms with E-state index in [1.54, 1.807) is 13.3 Å². The Morgan fingerprint density at radius 1 is 1.37 bits per heavy atom. The van der Waals surface area contributed by atoms with E-state index in [0.29, 0.717) is 35.7 Å². The second-order valence-electron chi connectivity index (χ2n) is 7.70. The molecule has 0 radical (unpaired) electrons. The minimum absolute atomic E-state index is 0.00251. The van der Waals surface area contributed by atoms with E-state index in [4.69, 9.17) is 14.5 Å². The summed E-state index contributed by atoms with van der Waals surface area (Å²) in [5.74, 6) is 0.00251. The number of hydrogen-bond donors (Lipinski definition) is 0. The minimum Gasteiger partial charge on any atom is -0.378 e. The summed E-state index contributed by atoms with van der Waals surface area (Å²) in [6, 6.07) is 4.64. The van der Waals surface area contributed by atoms with Gasteiger partial charge >= 0.3 is 0 Å². The number of rotatable bonds is 6. The van der Waals surface area contributed by atoms with Crippen molar-refractivity contribution in [2.45, 2.75) is 31.8 Å². The quantitative estimate of drug-likeness (QED) is 0.610. The number of ketones is 1. The topological polar surface area (TPSA) is 66.2 Å². The maximum absolute atomic E-state index is 13.7. The predicted molar refractivity (Wildman–Crippen MR) is 107 cm³/mol. The maximum atomic E-state index is 13.7. The number of fused-ring (bicyclic) bond motifs is 1. The number of hydrogen-bond acceptors (Lipinski definition) is 5. The third kappa shape index (κ3) is 3.61. The van der Waals surface area contributed by atoms with Crippen molar-refractivity contribution in [3.8, 4) is 11.3 Å². The number of nitrogens with zero attached hydrogens (tertiary/aromatic N) is 3. The summed E-state index contributed by atoms with van der Waals surface area (Å²) in [6.45, 7) is 2.26. The number of carbonyl (C=O) groups is 1. The van der Waals surface area contributed by atoms with E-state index in [9.17, 15) is 13.6 Å². The van der Waals surface area contributed by atoms with Gasteiger partial charge in [-0.05, 0) is 25.1 Å². The van der Waals surface area contributed by atoms with Crippen molar-refractivity contribution >= 4 is 16.7 Å². The molecule has 0 saturated carbocycles. The third-order valence-corrected chi connectivity index (χ3v) is 5.58. The molecule has 1 saturated heterocycles. The first-order valence-electron chi connectivity index (χ1n) is 9.70. The summed E-state index contributed by atoms with van der Waals surface area (Å²) in [4.78, 5) is 20.6. The number of aromatic nitrogens is 3. The molecule has 4 rings (SSSR count). The first kappa shape index (κ1) is 20.6. The van der Waals surface area contributed by atoms with Crippen molar-refractivity contribution in [3.63, 3.8) is 0 Å². The van der Waals surface area contributed by atoms with E-state index in [2.05, 4.69) is 4.98 Å².